The molecule has 12 heteroatoms. The third-order valence-corrected chi connectivity index (χ3v) is 7.35. The van der Waals surface area contributed by atoms with Gasteiger partial charge < -0.3 is 14.4 Å². The number of halogens is 2. The average molecular weight is 482 g/mol. The van der Waals surface area contributed by atoms with Crippen molar-refractivity contribution >= 4 is 28.0 Å². The quantitative estimate of drug-likeness (QED) is 0.466. The van der Waals surface area contributed by atoms with Crippen molar-refractivity contribution in [2.75, 3.05) is 6.61 Å². The van der Waals surface area contributed by atoms with E-state index in [4.69, 9.17) is 9.29 Å². The maximum atomic E-state index is 13.6. The standard InChI is InChI=1S/C20H29F2NO8S/c1-18(2,3)17(26)31-14-10-7-9-11(15(24)23(13(9)14)19(4,5)6)12(10)16(25)30-8-20(21,22)32(27,28)29/h9-14H,7-8H2,1-6H3,(H,27,28,29). The molecule has 1 amide bonds. The Balaban J connectivity index is 1.92. The molecular weight excluding hydrogens is 452 g/mol. The van der Waals surface area contributed by atoms with Gasteiger partial charge in [-0.25, -0.2) is 0 Å². The lowest BCUT2D eigenvalue weighted by Gasteiger charge is -2.40. The van der Waals surface area contributed by atoms with E-state index in [-0.39, 0.29) is 11.8 Å². The molecule has 1 N–H and O–H groups in total. The Bertz CT molecular complexity index is 936. The van der Waals surface area contributed by atoms with Crippen molar-refractivity contribution in [2.24, 2.45) is 29.1 Å². The molecule has 1 heterocycles. The van der Waals surface area contributed by atoms with Gasteiger partial charge in [0.1, 0.15) is 6.10 Å². The topological polar surface area (TPSA) is 127 Å². The van der Waals surface area contributed by atoms with Gasteiger partial charge in [0.05, 0.1) is 23.3 Å². The second kappa shape index (κ2) is 7.34. The molecule has 9 nitrogen and oxygen atoms in total. The average Bonchev–Trinajstić information content (AvgIpc) is 3.19. The van der Waals surface area contributed by atoms with E-state index in [9.17, 15) is 31.6 Å². The number of hydrogen-bond donors (Lipinski definition) is 1. The normalized spacial score (nSPS) is 32.4. The Labute approximate surface area is 185 Å². The number of fused-ring (bicyclic) bond motifs is 1. The molecule has 182 valence electrons. The van der Waals surface area contributed by atoms with Crippen LogP contribution in [0.5, 0.6) is 0 Å². The van der Waals surface area contributed by atoms with E-state index in [0.717, 1.165) is 0 Å². The summed E-state index contributed by atoms with van der Waals surface area (Å²) in [5.41, 5.74) is -1.49. The lowest BCUT2D eigenvalue weighted by molar-refractivity contribution is -0.172. The zero-order chi connectivity index (χ0) is 24.6. The highest BCUT2D eigenvalue weighted by atomic mass is 32.2. The van der Waals surface area contributed by atoms with Crippen LogP contribution in [0.3, 0.4) is 0 Å². The van der Waals surface area contributed by atoms with Crippen LogP contribution >= 0.6 is 0 Å². The molecule has 6 atom stereocenters. The first-order valence-electron chi connectivity index (χ1n) is 10.3. The molecule has 6 unspecified atom stereocenters. The first-order chi connectivity index (χ1) is 14.3. The van der Waals surface area contributed by atoms with Crippen LogP contribution in [-0.4, -0.2) is 65.3 Å². The number of likely N-dealkylation sites (tertiary alicyclic amines) is 1. The van der Waals surface area contributed by atoms with Gasteiger partial charge in [-0.05, 0) is 53.9 Å². The van der Waals surface area contributed by atoms with Gasteiger partial charge in [0.25, 0.3) is 0 Å². The van der Waals surface area contributed by atoms with Gasteiger partial charge in [0.2, 0.25) is 5.91 Å². The molecule has 0 aromatic carbocycles. The molecule has 1 saturated heterocycles. The monoisotopic (exact) mass is 481 g/mol. The largest absolute Gasteiger partial charge is 0.459 e. The number of nitrogens with zero attached hydrogens (tertiary/aromatic N) is 1. The Kier molecular flexibility index (Phi) is 5.69. The summed E-state index contributed by atoms with van der Waals surface area (Å²) in [6, 6.07) is -0.452. The lowest BCUT2D eigenvalue weighted by Crippen LogP contribution is -2.53. The predicted molar refractivity (Wildman–Crippen MR) is 106 cm³/mol. The fourth-order valence-corrected chi connectivity index (χ4v) is 5.40. The van der Waals surface area contributed by atoms with E-state index in [1.807, 2.05) is 20.8 Å². The van der Waals surface area contributed by atoms with E-state index in [0.29, 0.717) is 6.42 Å². The Morgan fingerprint density at radius 1 is 1.12 bits per heavy atom. The van der Waals surface area contributed by atoms with Gasteiger partial charge in [0, 0.05) is 11.5 Å². The molecule has 0 radical (unpaired) electrons. The minimum absolute atomic E-state index is 0.330. The van der Waals surface area contributed by atoms with Gasteiger partial charge in [-0.1, -0.05) is 0 Å². The number of amides is 1. The summed E-state index contributed by atoms with van der Waals surface area (Å²) in [6.45, 7) is 8.54. The molecule has 0 aromatic rings. The number of alkyl halides is 2. The van der Waals surface area contributed by atoms with Crippen molar-refractivity contribution in [3.63, 3.8) is 0 Å². The van der Waals surface area contributed by atoms with Crippen LogP contribution in [0.15, 0.2) is 0 Å². The summed E-state index contributed by atoms with van der Waals surface area (Å²) in [6.07, 6.45) is -0.460. The molecule has 2 saturated carbocycles. The highest BCUT2D eigenvalue weighted by molar-refractivity contribution is 7.86. The van der Waals surface area contributed by atoms with Crippen molar-refractivity contribution in [3.8, 4) is 0 Å². The van der Waals surface area contributed by atoms with Crippen LogP contribution in [0, 0.1) is 29.1 Å². The first-order valence-corrected chi connectivity index (χ1v) is 11.8. The van der Waals surface area contributed by atoms with Crippen LogP contribution in [0.4, 0.5) is 8.78 Å². The Morgan fingerprint density at radius 2 is 1.69 bits per heavy atom. The maximum Gasteiger partial charge on any atom is 0.402 e. The molecule has 2 bridgehead atoms. The van der Waals surface area contributed by atoms with Gasteiger partial charge in [-0.15, -0.1) is 0 Å². The van der Waals surface area contributed by atoms with E-state index < -0.39 is 74.8 Å². The summed E-state index contributed by atoms with van der Waals surface area (Å²) in [5.74, 6) is -5.01. The summed E-state index contributed by atoms with van der Waals surface area (Å²) in [7, 11) is -5.78. The number of esters is 2. The van der Waals surface area contributed by atoms with E-state index in [1.165, 1.54) is 0 Å². The number of carbonyl (C=O) groups is 3. The Morgan fingerprint density at radius 3 is 2.16 bits per heavy atom. The van der Waals surface area contributed by atoms with Gasteiger partial charge >= 0.3 is 27.3 Å². The van der Waals surface area contributed by atoms with Crippen molar-refractivity contribution in [3.05, 3.63) is 0 Å². The summed E-state index contributed by atoms with van der Waals surface area (Å²) >= 11 is 0. The fraction of sp³-hybridized carbons (Fsp3) is 0.850. The van der Waals surface area contributed by atoms with Crippen LogP contribution in [0.2, 0.25) is 0 Å². The summed E-state index contributed by atoms with van der Waals surface area (Å²) in [4.78, 5) is 40.3. The number of ether oxygens (including phenoxy) is 2. The third kappa shape index (κ3) is 3.89. The first kappa shape index (κ1) is 24.8. The summed E-state index contributed by atoms with van der Waals surface area (Å²) < 4.78 is 67.7. The highest BCUT2D eigenvalue weighted by Crippen LogP contribution is 2.61. The molecule has 1 aliphatic heterocycles. The van der Waals surface area contributed by atoms with Crippen molar-refractivity contribution < 1.29 is 45.6 Å². The SMILES string of the molecule is CC(C)(C)C(=O)OC1C2CC3C(C(=O)N(C(C)(C)C)C31)C2C(=O)OCC(F)(F)S(=O)(=O)O. The molecule has 3 fully saturated rings. The lowest BCUT2D eigenvalue weighted by atomic mass is 9.78. The molecule has 3 rings (SSSR count). The second-order valence-electron chi connectivity index (χ2n) is 10.8. The maximum absolute atomic E-state index is 13.6. The minimum Gasteiger partial charge on any atom is -0.459 e. The van der Waals surface area contributed by atoms with Crippen molar-refractivity contribution in [1.82, 2.24) is 4.90 Å². The molecule has 2 aliphatic carbocycles. The fourth-order valence-electron chi connectivity index (χ4n) is 5.19. The van der Waals surface area contributed by atoms with Crippen LogP contribution in [0.25, 0.3) is 0 Å². The zero-order valence-electron chi connectivity index (χ0n) is 18.8. The van der Waals surface area contributed by atoms with Crippen molar-refractivity contribution in [1.29, 1.82) is 0 Å². The predicted octanol–water partition coefficient (Wildman–Crippen LogP) is 1.86. The summed E-state index contributed by atoms with van der Waals surface area (Å²) in [5, 5.41) is -4.68. The number of carbonyl (C=O) groups excluding carboxylic acids is 3. The van der Waals surface area contributed by atoms with E-state index in [1.54, 1.807) is 25.7 Å². The van der Waals surface area contributed by atoms with Gasteiger partial charge in [-0.3, -0.25) is 18.9 Å². The minimum atomic E-state index is -5.78. The van der Waals surface area contributed by atoms with Crippen molar-refractivity contribution in [2.45, 2.75) is 70.9 Å². The van der Waals surface area contributed by atoms with Crippen LogP contribution in [-0.2, 0) is 34.0 Å². The van der Waals surface area contributed by atoms with Crippen LogP contribution < -0.4 is 0 Å². The number of hydrogen-bond acceptors (Lipinski definition) is 7. The van der Waals surface area contributed by atoms with Gasteiger partial charge in [0.15, 0.2) is 6.61 Å². The molecular formula is C20H29F2NO8S. The molecule has 0 aromatic heterocycles. The van der Waals surface area contributed by atoms with E-state index >= 15 is 0 Å². The molecule has 3 aliphatic rings. The number of rotatable bonds is 5. The third-order valence-electron chi connectivity index (χ3n) is 6.48. The van der Waals surface area contributed by atoms with E-state index in [2.05, 4.69) is 4.74 Å². The zero-order valence-corrected chi connectivity index (χ0v) is 19.6. The second-order valence-corrected chi connectivity index (χ2v) is 12.4. The molecule has 32 heavy (non-hydrogen) atoms. The highest BCUT2D eigenvalue weighted by Gasteiger charge is 2.72. The Hall–Kier alpha value is -1.82. The smallest absolute Gasteiger partial charge is 0.402 e. The van der Waals surface area contributed by atoms with Gasteiger partial charge in [-0.2, -0.15) is 17.2 Å². The van der Waals surface area contributed by atoms with Crippen LogP contribution in [0.1, 0.15) is 48.0 Å². The molecule has 0 spiro atoms.